The average molecular weight is 190 g/mol. The van der Waals surface area contributed by atoms with Gasteiger partial charge in [0.25, 0.3) is 0 Å². The van der Waals surface area contributed by atoms with Gasteiger partial charge < -0.3 is 14.8 Å². The fourth-order valence-electron chi connectivity index (χ4n) is 1.67. The second-order valence-electron chi connectivity index (χ2n) is 4.09. The minimum Gasteiger partial charge on any atom is -0.633 e. The second-order valence-corrected chi connectivity index (χ2v) is 4.09. The number of aromatic amines is 1. The van der Waals surface area contributed by atoms with E-state index in [9.17, 15) is 5.21 Å². The van der Waals surface area contributed by atoms with E-state index in [1.807, 2.05) is 30.5 Å². The predicted molar refractivity (Wildman–Crippen MR) is 57.5 cm³/mol. The van der Waals surface area contributed by atoms with Gasteiger partial charge in [0.1, 0.15) is 6.54 Å². The van der Waals surface area contributed by atoms with Crippen LogP contribution in [0.25, 0.3) is 10.9 Å². The van der Waals surface area contributed by atoms with Crippen LogP contribution in [0.2, 0.25) is 0 Å². The van der Waals surface area contributed by atoms with Gasteiger partial charge in [-0.25, -0.2) is 0 Å². The van der Waals surface area contributed by atoms with Crippen molar-refractivity contribution >= 4 is 10.9 Å². The predicted octanol–water partition coefficient (Wildman–Crippen LogP) is 2.24. The van der Waals surface area contributed by atoms with E-state index in [1.165, 1.54) is 0 Å². The van der Waals surface area contributed by atoms with Gasteiger partial charge in [-0.05, 0) is 6.07 Å². The largest absolute Gasteiger partial charge is 0.633 e. The third-order valence-corrected chi connectivity index (χ3v) is 2.23. The van der Waals surface area contributed by atoms with Crippen molar-refractivity contribution < 1.29 is 4.65 Å². The molecule has 0 radical (unpaired) electrons. The Morgan fingerprint density at radius 1 is 1.29 bits per heavy atom. The molecule has 0 unspecified atom stereocenters. The van der Waals surface area contributed by atoms with E-state index in [1.54, 1.807) is 14.1 Å². The molecular weight excluding hydrogens is 176 g/mol. The van der Waals surface area contributed by atoms with Crippen LogP contribution >= 0.6 is 0 Å². The lowest BCUT2D eigenvalue weighted by Crippen LogP contribution is -2.30. The number of benzene rings is 1. The molecule has 74 valence electrons. The van der Waals surface area contributed by atoms with Crippen molar-refractivity contribution in [1.82, 2.24) is 4.98 Å². The van der Waals surface area contributed by atoms with Crippen molar-refractivity contribution in [3.05, 3.63) is 41.2 Å². The van der Waals surface area contributed by atoms with E-state index >= 15 is 0 Å². The van der Waals surface area contributed by atoms with E-state index in [4.69, 9.17) is 0 Å². The molecule has 1 heterocycles. The molecule has 2 aromatic rings. The zero-order valence-corrected chi connectivity index (χ0v) is 8.45. The first-order chi connectivity index (χ1) is 6.56. The van der Waals surface area contributed by atoms with Gasteiger partial charge in [-0.15, -0.1) is 0 Å². The first kappa shape index (κ1) is 9.24. The molecule has 0 atom stereocenters. The van der Waals surface area contributed by atoms with Gasteiger partial charge in [0.2, 0.25) is 0 Å². The SMILES string of the molecule is C[N+](C)([O-])Cc1c[nH]c2ccccc12. The Hall–Kier alpha value is -1.32. The first-order valence-corrected chi connectivity index (χ1v) is 4.65. The fourth-order valence-corrected chi connectivity index (χ4v) is 1.67. The molecule has 3 heteroatoms. The van der Waals surface area contributed by atoms with Gasteiger partial charge in [-0.2, -0.15) is 0 Å². The molecule has 1 N–H and O–H groups in total. The fraction of sp³-hybridized carbons (Fsp3) is 0.273. The Labute approximate surface area is 83.1 Å². The highest BCUT2D eigenvalue weighted by molar-refractivity contribution is 5.82. The van der Waals surface area contributed by atoms with Crippen molar-refractivity contribution in [1.29, 1.82) is 0 Å². The van der Waals surface area contributed by atoms with Crippen LogP contribution < -0.4 is 0 Å². The number of hydrogen-bond donors (Lipinski definition) is 1. The number of hydrogen-bond acceptors (Lipinski definition) is 1. The van der Waals surface area contributed by atoms with Gasteiger partial charge in [0.05, 0.1) is 14.1 Å². The average Bonchev–Trinajstić information content (AvgIpc) is 2.47. The summed E-state index contributed by atoms with van der Waals surface area (Å²) in [5.41, 5.74) is 2.18. The van der Waals surface area contributed by atoms with Crippen LogP contribution in [0.4, 0.5) is 0 Å². The molecule has 0 saturated heterocycles. The second kappa shape index (κ2) is 3.12. The number of fused-ring (bicyclic) bond motifs is 1. The number of para-hydroxylation sites is 1. The summed E-state index contributed by atoms with van der Waals surface area (Å²) in [6.45, 7) is 0.504. The molecule has 0 aliphatic heterocycles. The zero-order chi connectivity index (χ0) is 10.2. The maximum atomic E-state index is 11.5. The Bertz CT molecular complexity index is 440. The number of aromatic nitrogens is 1. The minimum absolute atomic E-state index is 0.290. The van der Waals surface area contributed by atoms with Crippen LogP contribution in [0, 0.1) is 5.21 Å². The summed E-state index contributed by atoms with van der Waals surface area (Å²) >= 11 is 0. The van der Waals surface area contributed by atoms with Crippen molar-refractivity contribution in [3.63, 3.8) is 0 Å². The number of hydroxylamine groups is 3. The molecule has 0 aliphatic rings. The molecule has 0 saturated carbocycles. The molecule has 1 aromatic carbocycles. The highest BCUT2D eigenvalue weighted by Crippen LogP contribution is 2.20. The van der Waals surface area contributed by atoms with E-state index in [2.05, 4.69) is 4.98 Å². The van der Waals surface area contributed by atoms with Crippen molar-refractivity contribution in [2.24, 2.45) is 0 Å². The normalized spacial score (nSPS) is 12.2. The molecule has 2 rings (SSSR count). The number of rotatable bonds is 2. The van der Waals surface area contributed by atoms with Crippen molar-refractivity contribution in [3.8, 4) is 0 Å². The molecule has 14 heavy (non-hydrogen) atoms. The van der Waals surface area contributed by atoms with E-state index in [0.29, 0.717) is 6.54 Å². The topological polar surface area (TPSA) is 38.8 Å². The van der Waals surface area contributed by atoms with E-state index in [-0.39, 0.29) is 4.65 Å². The summed E-state index contributed by atoms with van der Waals surface area (Å²) < 4.78 is -0.290. The number of quaternary nitrogens is 1. The molecule has 3 nitrogen and oxygen atoms in total. The maximum Gasteiger partial charge on any atom is 0.106 e. The summed E-state index contributed by atoms with van der Waals surface area (Å²) in [5.74, 6) is 0. The molecule has 0 spiro atoms. The van der Waals surface area contributed by atoms with Gasteiger partial charge in [-0.1, -0.05) is 18.2 Å². The van der Waals surface area contributed by atoms with Crippen LogP contribution in [-0.4, -0.2) is 23.7 Å². The molecule has 0 bridgehead atoms. The number of H-pyrrole nitrogens is 1. The van der Waals surface area contributed by atoms with Crippen molar-refractivity contribution in [2.75, 3.05) is 14.1 Å². The van der Waals surface area contributed by atoms with Crippen LogP contribution in [0.1, 0.15) is 5.56 Å². The summed E-state index contributed by atoms with van der Waals surface area (Å²) in [5, 5.41) is 12.7. The Morgan fingerprint density at radius 2 is 2.00 bits per heavy atom. The standard InChI is InChI=1S/C11H14N2O/c1-13(2,14)8-9-7-12-11-6-4-3-5-10(9)11/h3-7,12H,8H2,1-2H3. The quantitative estimate of drug-likeness (QED) is 0.572. The van der Waals surface area contributed by atoms with Crippen LogP contribution in [-0.2, 0) is 6.54 Å². The lowest BCUT2D eigenvalue weighted by Gasteiger charge is -2.33. The van der Waals surface area contributed by atoms with Crippen LogP contribution in [0.3, 0.4) is 0 Å². The smallest absolute Gasteiger partial charge is 0.106 e. The monoisotopic (exact) mass is 190 g/mol. The summed E-state index contributed by atoms with van der Waals surface area (Å²) in [4.78, 5) is 3.16. The van der Waals surface area contributed by atoms with Gasteiger partial charge in [-0.3, -0.25) is 0 Å². The van der Waals surface area contributed by atoms with Crippen molar-refractivity contribution in [2.45, 2.75) is 6.54 Å². The number of nitrogens with one attached hydrogen (secondary N) is 1. The molecule has 0 fully saturated rings. The van der Waals surface area contributed by atoms with Gasteiger partial charge in [0.15, 0.2) is 0 Å². The maximum absolute atomic E-state index is 11.5. The third kappa shape index (κ3) is 1.78. The lowest BCUT2D eigenvalue weighted by atomic mass is 10.2. The first-order valence-electron chi connectivity index (χ1n) is 4.65. The molecular formula is C11H14N2O. The Morgan fingerprint density at radius 3 is 2.71 bits per heavy atom. The van der Waals surface area contributed by atoms with E-state index in [0.717, 1.165) is 16.5 Å². The van der Waals surface area contributed by atoms with E-state index < -0.39 is 0 Å². The van der Waals surface area contributed by atoms with Crippen LogP contribution in [0.5, 0.6) is 0 Å². The molecule has 0 amide bonds. The highest BCUT2D eigenvalue weighted by Gasteiger charge is 2.08. The van der Waals surface area contributed by atoms with Gasteiger partial charge in [0, 0.05) is 22.7 Å². The Kier molecular flexibility index (Phi) is 2.06. The van der Waals surface area contributed by atoms with Gasteiger partial charge >= 0.3 is 0 Å². The summed E-state index contributed by atoms with van der Waals surface area (Å²) in [6, 6.07) is 8.03. The molecule has 1 aromatic heterocycles. The lowest BCUT2D eigenvalue weighted by molar-refractivity contribution is -0.853. The summed E-state index contributed by atoms with van der Waals surface area (Å²) in [6.07, 6.45) is 1.92. The summed E-state index contributed by atoms with van der Waals surface area (Å²) in [7, 11) is 3.31. The Balaban J connectivity index is 2.44. The number of nitrogens with zero attached hydrogens (tertiary/aromatic N) is 1. The zero-order valence-electron chi connectivity index (χ0n) is 8.45. The molecule has 0 aliphatic carbocycles. The van der Waals surface area contributed by atoms with Crippen LogP contribution in [0.15, 0.2) is 30.5 Å². The minimum atomic E-state index is -0.290. The third-order valence-electron chi connectivity index (χ3n) is 2.23. The highest BCUT2D eigenvalue weighted by atomic mass is 16.5.